The summed E-state index contributed by atoms with van der Waals surface area (Å²) >= 11 is 0. The van der Waals surface area contributed by atoms with E-state index in [1.165, 1.54) is 16.8 Å². The van der Waals surface area contributed by atoms with Gasteiger partial charge in [-0.25, -0.2) is 4.57 Å². The summed E-state index contributed by atoms with van der Waals surface area (Å²) in [5.41, 5.74) is 8.52. The van der Waals surface area contributed by atoms with Crippen LogP contribution in [0.3, 0.4) is 0 Å². The van der Waals surface area contributed by atoms with Crippen LogP contribution in [0.2, 0.25) is 0 Å². The lowest BCUT2D eigenvalue weighted by Gasteiger charge is -2.18. The summed E-state index contributed by atoms with van der Waals surface area (Å²) in [7, 11) is 2.11. The Balaban J connectivity index is 1.66. The van der Waals surface area contributed by atoms with Crippen molar-refractivity contribution in [3.05, 3.63) is 78.0 Å². The molecule has 3 heterocycles. The smallest absolute Gasteiger partial charge is 0.216 e. The van der Waals surface area contributed by atoms with Crippen LogP contribution in [0.4, 0.5) is 0 Å². The van der Waals surface area contributed by atoms with Gasteiger partial charge < -0.3 is 8.83 Å². The third-order valence-corrected chi connectivity index (χ3v) is 6.57. The molecule has 0 fully saturated rings. The molecule has 3 aromatic heterocycles. The molecule has 0 saturated heterocycles. The largest absolute Gasteiger partial charge is 0.452 e. The molecule has 0 aliphatic carbocycles. The summed E-state index contributed by atoms with van der Waals surface area (Å²) in [6.07, 6.45) is 3.18. The zero-order chi connectivity index (χ0) is 22.9. The lowest BCUT2D eigenvalue weighted by Crippen LogP contribution is -2.31. The van der Waals surface area contributed by atoms with Gasteiger partial charge in [0.15, 0.2) is 17.4 Å². The van der Waals surface area contributed by atoms with Crippen LogP contribution < -0.4 is 4.57 Å². The molecule has 3 heteroatoms. The number of pyridine rings is 1. The van der Waals surface area contributed by atoms with Crippen molar-refractivity contribution in [2.75, 3.05) is 0 Å². The Morgan fingerprint density at radius 1 is 0.758 bits per heavy atom. The van der Waals surface area contributed by atoms with E-state index in [1.54, 1.807) is 0 Å². The number of hydrogen-bond donors (Lipinski definition) is 0. The van der Waals surface area contributed by atoms with Gasteiger partial charge in [-0.15, -0.1) is 0 Å². The van der Waals surface area contributed by atoms with Gasteiger partial charge in [0, 0.05) is 33.7 Å². The van der Waals surface area contributed by atoms with Crippen molar-refractivity contribution in [3.8, 4) is 11.3 Å². The maximum atomic E-state index is 6.65. The third kappa shape index (κ3) is 3.14. The highest BCUT2D eigenvalue weighted by Crippen LogP contribution is 2.42. The van der Waals surface area contributed by atoms with Crippen LogP contribution in [0.15, 0.2) is 75.7 Å². The first-order valence-electron chi connectivity index (χ1n) is 11.6. The molecule has 0 unspecified atom stereocenters. The quantitative estimate of drug-likeness (QED) is 0.260. The van der Waals surface area contributed by atoms with Crippen LogP contribution in [-0.2, 0) is 13.5 Å². The minimum atomic E-state index is 0.227. The van der Waals surface area contributed by atoms with Gasteiger partial charge in [-0.1, -0.05) is 51.1 Å². The zero-order valence-electron chi connectivity index (χ0n) is 19.8. The molecule has 164 valence electrons. The van der Waals surface area contributed by atoms with Crippen LogP contribution in [0.1, 0.15) is 31.9 Å². The van der Waals surface area contributed by atoms with E-state index in [4.69, 9.17) is 8.83 Å². The highest BCUT2D eigenvalue weighted by Gasteiger charge is 2.24. The molecule has 0 saturated carbocycles. The summed E-state index contributed by atoms with van der Waals surface area (Å²) in [6, 6.07) is 21.4. The number of fused-ring (bicyclic) bond motifs is 7. The SMILES string of the molecule is Cc1ccc2c(oc3c2ccc2c4ccccc4oc23)c1-c1cc(CC(C)(C)C)cc[n+]1C. The summed E-state index contributed by atoms with van der Waals surface area (Å²) < 4.78 is 15.1. The maximum Gasteiger partial charge on any atom is 0.216 e. The molecule has 0 aliphatic rings. The van der Waals surface area contributed by atoms with Crippen LogP contribution >= 0.6 is 0 Å². The molecular weight excluding hydrogens is 406 g/mol. The molecule has 0 N–H and O–H groups in total. The molecule has 3 nitrogen and oxygen atoms in total. The molecule has 6 rings (SSSR count). The standard InChI is InChI=1S/C30H28NO2/c1-18-10-11-22-23-13-12-21-20-8-6-7-9-25(20)32-28(21)29(23)33-27(22)26(18)24-16-19(14-15-31(24)5)17-30(2,3)4/h6-16H,17H2,1-5H3/q+1. The van der Waals surface area contributed by atoms with Crippen molar-refractivity contribution in [2.45, 2.75) is 34.1 Å². The van der Waals surface area contributed by atoms with E-state index in [2.05, 4.69) is 88.0 Å². The summed E-state index contributed by atoms with van der Waals surface area (Å²) in [4.78, 5) is 0. The van der Waals surface area contributed by atoms with E-state index in [0.717, 1.165) is 55.9 Å². The van der Waals surface area contributed by atoms with Crippen molar-refractivity contribution in [1.82, 2.24) is 0 Å². The van der Waals surface area contributed by atoms with Crippen molar-refractivity contribution >= 4 is 43.9 Å². The van der Waals surface area contributed by atoms with Gasteiger partial charge in [-0.2, -0.15) is 0 Å². The van der Waals surface area contributed by atoms with Gasteiger partial charge in [0.05, 0.1) is 5.56 Å². The predicted octanol–water partition coefficient (Wildman–Crippen LogP) is 7.87. The molecule has 3 aromatic carbocycles. The fourth-order valence-electron chi connectivity index (χ4n) is 5.08. The zero-order valence-corrected chi connectivity index (χ0v) is 19.8. The number of nitrogens with zero attached hydrogens (tertiary/aromatic N) is 1. The van der Waals surface area contributed by atoms with Crippen molar-refractivity contribution in [3.63, 3.8) is 0 Å². The molecule has 6 aromatic rings. The van der Waals surface area contributed by atoms with E-state index in [0.29, 0.717) is 0 Å². The van der Waals surface area contributed by atoms with Gasteiger partial charge in [0.2, 0.25) is 5.69 Å². The highest BCUT2D eigenvalue weighted by atomic mass is 16.4. The molecule has 0 radical (unpaired) electrons. The second kappa shape index (κ2) is 6.95. The van der Waals surface area contributed by atoms with E-state index in [9.17, 15) is 0 Å². The number of furan rings is 2. The number of benzene rings is 3. The Labute approximate surface area is 193 Å². The number of aryl methyl sites for hydroxylation is 2. The van der Waals surface area contributed by atoms with Gasteiger partial charge in [-0.05, 0) is 48.1 Å². The second-order valence-corrected chi connectivity index (χ2v) is 10.4. The summed E-state index contributed by atoms with van der Waals surface area (Å²) in [5.74, 6) is 0. The Bertz CT molecular complexity index is 1690. The summed E-state index contributed by atoms with van der Waals surface area (Å²) in [5, 5.41) is 4.42. The fraction of sp³-hybridized carbons (Fsp3) is 0.233. The van der Waals surface area contributed by atoms with Gasteiger partial charge >= 0.3 is 0 Å². The Kier molecular flexibility index (Phi) is 4.22. The normalized spacial score (nSPS) is 12.5. The molecule has 0 aliphatic heterocycles. The molecule has 0 bridgehead atoms. The Hall–Kier alpha value is -3.59. The number of aromatic nitrogens is 1. The molecule has 0 amide bonds. The Morgan fingerprint density at radius 3 is 2.21 bits per heavy atom. The first kappa shape index (κ1) is 20.0. The van der Waals surface area contributed by atoms with Crippen LogP contribution in [-0.4, -0.2) is 0 Å². The lowest BCUT2D eigenvalue weighted by molar-refractivity contribution is -0.660. The number of para-hydroxylation sites is 1. The van der Waals surface area contributed by atoms with Gasteiger partial charge in [-0.3, -0.25) is 0 Å². The number of hydrogen-bond acceptors (Lipinski definition) is 2. The fourth-order valence-corrected chi connectivity index (χ4v) is 5.08. The summed E-state index contributed by atoms with van der Waals surface area (Å²) in [6.45, 7) is 9.01. The average Bonchev–Trinajstić information content (AvgIpc) is 3.32. The van der Waals surface area contributed by atoms with Crippen molar-refractivity contribution < 1.29 is 13.4 Å². The van der Waals surface area contributed by atoms with Gasteiger partial charge in [0.25, 0.3) is 0 Å². The van der Waals surface area contributed by atoms with E-state index < -0.39 is 0 Å². The van der Waals surface area contributed by atoms with E-state index in [-0.39, 0.29) is 5.41 Å². The first-order chi connectivity index (χ1) is 15.8. The minimum absolute atomic E-state index is 0.227. The third-order valence-electron chi connectivity index (χ3n) is 6.57. The molecule has 0 spiro atoms. The monoisotopic (exact) mass is 434 g/mol. The lowest BCUT2D eigenvalue weighted by atomic mass is 9.88. The van der Waals surface area contributed by atoms with Crippen molar-refractivity contribution in [1.29, 1.82) is 0 Å². The minimum Gasteiger partial charge on any atom is -0.452 e. The first-order valence-corrected chi connectivity index (χ1v) is 11.6. The van der Waals surface area contributed by atoms with Crippen LogP contribution in [0.5, 0.6) is 0 Å². The van der Waals surface area contributed by atoms with Gasteiger partial charge in [0.1, 0.15) is 18.2 Å². The molecular formula is C30H28NO2+. The van der Waals surface area contributed by atoms with E-state index in [1.807, 2.05) is 18.2 Å². The van der Waals surface area contributed by atoms with Crippen LogP contribution in [0.25, 0.3) is 55.1 Å². The van der Waals surface area contributed by atoms with Crippen LogP contribution in [0, 0.1) is 12.3 Å². The van der Waals surface area contributed by atoms with Crippen molar-refractivity contribution in [2.24, 2.45) is 12.5 Å². The average molecular weight is 435 g/mol. The maximum absolute atomic E-state index is 6.65. The predicted molar refractivity (Wildman–Crippen MR) is 136 cm³/mol. The van der Waals surface area contributed by atoms with E-state index >= 15 is 0 Å². The topological polar surface area (TPSA) is 30.2 Å². The molecule has 0 atom stereocenters. The Morgan fingerprint density at radius 2 is 1.42 bits per heavy atom. The highest BCUT2D eigenvalue weighted by molar-refractivity contribution is 6.20. The second-order valence-electron chi connectivity index (χ2n) is 10.4. The molecule has 33 heavy (non-hydrogen) atoms. The number of rotatable bonds is 2.